The summed E-state index contributed by atoms with van der Waals surface area (Å²) in [4.78, 5) is 12.0. The molecule has 0 radical (unpaired) electrons. The van der Waals surface area contributed by atoms with E-state index in [-0.39, 0.29) is 5.56 Å². The van der Waals surface area contributed by atoms with Crippen LogP contribution in [0.25, 0.3) is 17.1 Å². The summed E-state index contributed by atoms with van der Waals surface area (Å²) in [7, 11) is 1.86. The van der Waals surface area contributed by atoms with Gasteiger partial charge in [0.05, 0.1) is 22.8 Å². The number of aromatic amines is 1. The Hall–Kier alpha value is -2.56. The second-order valence-electron chi connectivity index (χ2n) is 4.47. The van der Waals surface area contributed by atoms with Gasteiger partial charge in [-0.15, -0.1) is 0 Å². The number of hydrogen-bond acceptors (Lipinski definition) is 2. The minimum atomic E-state index is -0.0833. The van der Waals surface area contributed by atoms with Gasteiger partial charge >= 0.3 is 0 Å². The maximum absolute atomic E-state index is 12.0. The molecule has 5 heteroatoms. The molecule has 0 aliphatic heterocycles. The molecule has 0 amide bonds. The van der Waals surface area contributed by atoms with Crippen molar-refractivity contribution in [2.24, 2.45) is 7.05 Å². The van der Waals surface area contributed by atoms with Crippen molar-refractivity contribution in [3.8, 4) is 17.1 Å². The molecule has 2 aromatic heterocycles. The van der Waals surface area contributed by atoms with Gasteiger partial charge in [-0.05, 0) is 25.1 Å². The molecule has 0 saturated heterocycles. The number of benzene rings is 1. The highest BCUT2D eigenvalue weighted by Gasteiger charge is 2.10. The normalized spacial score (nSPS) is 10.8. The predicted molar refractivity (Wildman–Crippen MR) is 73.3 cm³/mol. The molecule has 3 rings (SSSR count). The van der Waals surface area contributed by atoms with Gasteiger partial charge in [-0.2, -0.15) is 5.10 Å². The van der Waals surface area contributed by atoms with E-state index in [0.717, 1.165) is 22.8 Å². The summed E-state index contributed by atoms with van der Waals surface area (Å²) in [6, 6.07) is 13.0. The lowest BCUT2D eigenvalue weighted by atomic mass is 10.3. The summed E-state index contributed by atoms with van der Waals surface area (Å²) in [6.07, 6.45) is 0. The highest BCUT2D eigenvalue weighted by molar-refractivity contribution is 5.55. The summed E-state index contributed by atoms with van der Waals surface area (Å²) in [5.74, 6) is 0. The van der Waals surface area contributed by atoms with Gasteiger partial charge in [0.25, 0.3) is 5.56 Å². The Labute approximate surface area is 110 Å². The standard InChI is InChI=1S/C14H14N4O/c1-10-8-13(17(2)15-10)12-9-14(19)18(16-12)11-6-4-3-5-7-11/h3-9,16H,1-2H3. The third kappa shape index (κ3) is 1.99. The van der Waals surface area contributed by atoms with Gasteiger partial charge in [-0.25, -0.2) is 4.68 Å². The monoisotopic (exact) mass is 254 g/mol. The summed E-state index contributed by atoms with van der Waals surface area (Å²) >= 11 is 0. The highest BCUT2D eigenvalue weighted by atomic mass is 16.1. The Morgan fingerprint density at radius 3 is 2.53 bits per heavy atom. The maximum atomic E-state index is 12.0. The molecule has 0 aliphatic carbocycles. The number of hydrogen-bond donors (Lipinski definition) is 1. The average molecular weight is 254 g/mol. The molecule has 1 aromatic carbocycles. The number of H-pyrrole nitrogens is 1. The quantitative estimate of drug-likeness (QED) is 0.759. The Balaban J connectivity index is 2.13. The molecule has 0 aliphatic rings. The summed E-state index contributed by atoms with van der Waals surface area (Å²) in [5.41, 5.74) is 3.31. The van der Waals surface area contributed by atoms with Gasteiger partial charge in [0.15, 0.2) is 0 Å². The van der Waals surface area contributed by atoms with Crippen LogP contribution in [0.5, 0.6) is 0 Å². The van der Waals surface area contributed by atoms with Crippen LogP contribution in [-0.2, 0) is 7.05 Å². The van der Waals surface area contributed by atoms with Gasteiger partial charge in [0.1, 0.15) is 0 Å². The van der Waals surface area contributed by atoms with Crippen LogP contribution in [0, 0.1) is 6.92 Å². The number of rotatable bonds is 2. The fraction of sp³-hybridized carbons (Fsp3) is 0.143. The average Bonchev–Trinajstić information content (AvgIpc) is 2.93. The van der Waals surface area contributed by atoms with Gasteiger partial charge < -0.3 is 0 Å². The molecule has 2 heterocycles. The van der Waals surface area contributed by atoms with E-state index >= 15 is 0 Å². The number of aryl methyl sites for hydroxylation is 2. The van der Waals surface area contributed by atoms with Gasteiger partial charge in [-0.3, -0.25) is 14.6 Å². The van der Waals surface area contributed by atoms with E-state index in [1.54, 1.807) is 10.7 Å². The zero-order chi connectivity index (χ0) is 13.4. The first-order valence-electron chi connectivity index (χ1n) is 6.03. The molecule has 19 heavy (non-hydrogen) atoms. The molecule has 0 saturated carbocycles. The van der Waals surface area contributed by atoms with E-state index in [0.29, 0.717) is 0 Å². The number of aromatic nitrogens is 4. The summed E-state index contributed by atoms with van der Waals surface area (Å²) < 4.78 is 3.29. The van der Waals surface area contributed by atoms with Crippen LogP contribution < -0.4 is 5.56 Å². The fourth-order valence-electron chi connectivity index (χ4n) is 2.16. The Morgan fingerprint density at radius 1 is 1.16 bits per heavy atom. The molecule has 0 bridgehead atoms. The van der Waals surface area contributed by atoms with E-state index in [1.165, 1.54) is 4.68 Å². The molecule has 0 unspecified atom stereocenters. The zero-order valence-corrected chi connectivity index (χ0v) is 10.8. The van der Waals surface area contributed by atoms with Crippen molar-refractivity contribution in [2.45, 2.75) is 6.92 Å². The number of para-hydroxylation sites is 1. The molecule has 1 N–H and O–H groups in total. The first-order chi connectivity index (χ1) is 9.15. The van der Waals surface area contributed by atoms with Crippen LogP contribution >= 0.6 is 0 Å². The van der Waals surface area contributed by atoms with Crippen molar-refractivity contribution in [3.05, 3.63) is 58.5 Å². The zero-order valence-electron chi connectivity index (χ0n) is 10.8. The third-order valence-electron chi connectivity index (χ3n) is 3.01. The van der Waals surface area contributed by atoms with E-state index in [2.05, 4.69) is 10.2 Å². The van der Waals surface area contributed by atoms with E-state index in [9.17, 15) is 4.79 Å². The van der Waals surface area contributed by atoms with Crippen molar-refractivity contribution in [2.75, 3.05) is 0 Å². The van der Waals surface area contributed by atoms with Crippen molar-refractivity contribution in [1.29, 1.82) is 0 Å². The summed E-state index contributed by atoms with van der Waals surface area (Å²) in [6.45, 7) is 1.93. The molecule has 5 nitrogen and oxygen atoms in total. The third-order valence-corrected chi connectivity index (χ3v) is 3.01. The SMILES string of the molecule is Cc1cc(-c2cc(=O)n(-c3ccccc3)[nH]2)n(C)n1. The lowest BCUT2D eigenvalue weighted by Gasteiger charge is -2.01. The van der Waals surface area contributed by atoms with Crippen molar-refractivity contribution >= 4 is 0 Å². The van der Waals surface area contributed by atoms with Crippen molar-refractivity contribution < 1.29 is 0 Å². The lowest BCUT2D eigenvalue weighted by molar-refractivity contribution is 0.758. The Kier molecular flexibility index (Phi) is 2.59. The molecule has 0 fully saturated rings. The lowest BCUT2D eigenvalue weighted by Crippen LogP contribution is -2.12. The Bertz CT molecular complexity index is 764. The van der Waals surface area contributed by atoms with Gasteiger partial charge in [0, 0.05) is 13.1 Å². The van der Waals surface area contributed by atoms with Crippen LogP contribution in [0.15, 0.2) is 47.3 Å². The molecule has 0 atom stereocenters. The van der Waals surface area contributed by atoms with Crippen LogP contribution in [0.4, 0.5) is 0 Å². The molecule has 3 aromatic rings. The molecule has 0 spiro atoms. The topological polar surface area (TPSA) is 55.6 Å². The van der Waals surface area contributed by atoms with Crippen LogP contribution in [0.3, 0.4) is 0 Å². The van der Waals surface area contributed by atoms with Crippen LogP contribution in [0.1, 0.15) is 5.69 Å². The number of nitrogens with zero attached hydrogens (tertiary/aromatic N) is 3. The second kappa shape index (κ2) is 4.28. The van der Waals surface area contributed by atoms with E-state index in [4.69, 9.17) is 0 Å². The van der Waals surface area contributed by atoms with Crippen molar-refractivity contribution in [3.63, 3.8) is 0 Å². The highest BCUT2D eigenvalue weighted by Crippen LogP contribution is 2.16. The molecular weight excluding hydrogens is 240 g/mol. The second-order valence-corrected chi connectivity index (χ2v) is 4.47. The first kappa shape index (κ1) is 11.5. The van der Waals surface area contributed by atoms with Gasteiger partial charge in [-0.1, -0.05) is 18.2 Å². The minimum Gasteiger partial charge on any atom is -0.289 e. The number of nitrogens with one attached hydrogen (secondary N) is 1. The maximum Gasteiger partial charge on any atom is 0.271 e. The summed E-state index contributed by atoms with van der Waals surface area (Å²) in [5, 5.41) is 7.40. The minimum absolute atomic E-state index is 0.0833. The smallest absolute Gasteiger partial charge is 0.271 e. The molecular formula is C14H14N4O. The Morgan fingerprint density at radius 2 is 1.89 bits per heavy atom. The van der Waals surface area contributed by atoms with Gasteiger partial charge in [0.2, 0.25) is 0 Å². The molecule has 96 valence electrons. The van der Waals surface area contributed by atoms with Crippen LogP contribution in [-0.4, -0.2) is 19.6 Å². The van der Waals surface area contributed by atoms with Crippen LogP contribution in [0.2, 0.25) is 0 Å². The predicted octanol–water partition coefficient (Wildman–Crippen LogP) is 1.87. The largest absolute Gasteiger partial charge is 0.289 e. The van der Waals surface area contributed by atoms with E-state index < -0.39 is 0 Å². The first-order valence-corrected chi connectivity index (χ1v) is 6.03. The van der Waals surface area contributed by atoms with E-state index in [1.807, 2.05) is 50.4 Å². The van der Waals surface area contributed by atoms with Crippen molar-refractivity contribution in [1.82, 2.24) is 19.6 Å². The fourth-order valence-corrected chi connectivity index (χ4v) is 2.16.